The smallest absolute Gasteiger partial charge is 0.348 e. The highest BCUT2D eigenvalue weighted by molar-refractivity contribution is 7.20. The lowest BCUT2D eigenvalue weighted by Crippen LogP contribution is -2.17. The summed E-state index contributed by atoms with van der Waals surface area (Å²) in [5, 5.41) is 4.52. The molecular formula is C23H18N4O5S. The van der Waals surface area contributed by atoms with E-state index in [1.807, 2.05) is 0 Å². The first-order valence-corrected chi connectivity index (χ1v) is 10.7. The Labute approximate surface area is 192 Å². The van der Waals surface area contributed by atoms with E-state index in [0.717, 1.165) is 16.0 Å². The molecule has 10 heteroatoms. The molecule has 3 aromatic heterocycles. The molecule has 33 heavy (non-hydrogen) atoms. The molecule has 0 unspecified atom stereocenters. The van der Waals surface area contributed by atoms with Crippen LogP contribution in [-0.2, 0) is 4.74 Å². The van der Waals surface area contributed by atoms with Crippen molar-refractivity contribution in [3.05, 3.63) is 87.0 Å². The van der Waals surface area contributed by atoms with E-state index < -0.39 is 11.9 Å². The zero-order valence-electron chi connectivity index (χ0n) is 17.7. The van der Waals surface area contributed by atoms with Gasteiger partial charge in [0.2, 0.25) is 0 Å². The van der Waals surface area contributed by atoms with Crippen LogP contribution in [-0.4, -0.2) is 39.4 Å². The molecule has 0 amide bonds. The van der Waals surface area contributed by atoms with Crippen molar-refractivity contribution in [3.63, 3.8) is 0 Å². The SMILES string of the molecule is CCOC(=O)c1sc2ncn(/N=C/c3ccc(OC(=O)c4cccnc4)cc3)c(=O)c2c1C. The second-order valence-corrected chi connectivity index (χ2v) is 7.79. The maximum Gasteiger partial charge on any atom is 0.348 e. The monoisotopic (exact) mass is 462 g/mol. The molecule has 0 fully saturated rings. The number of nitrogens with zero attached hydrogens (tertiary/aromatic N) is 4. The van der Waals surface area contributed by atoms with Gasteiger partial charge in [-0.2, -0.15) is 9.78 Å². The standard InChI is InChI=1S/C23H18N4O5S/c1-3-31-23(30)19-14(2)18-20(33-19)25-13-27(21(18)28)26-11-15-6-8-17(9-7-15)32-22(29)16-5-4-10-24-12-16/h4-13H,3H2,1-2H3/b26-11+. The molecule has 0 bridgehead atoms. The van der Waals surface area contributed by atoms with Crippen molar-refractivity contribution < 1.29 is 19.1 Å². The number of pyridine rings is 1. The Balaban J connectivity index is 1.53. The van der Waals surface area contributed by atoms with E-state index in [-0.39, 0.29) is 12.2 Å². The zero-order chi connectivity index (χ0) is 23.4. The molecule has 4 aromatic rings. The van der Waals surface area contributed by atoms with E-state index >= 15 is 0 Å². The average Bonchev–Trinajstić information content (AvgIpc) is 3.17. The van der Waals surface area contributed by atoms with Crippen molar-refractivity contribution in [1.82, 2.24) is 14.6 Å². The quantitative estimate of drug-likeness (QED) is 0.245. The minimum absolute atomic E-state index is 0.246. The summed E-state index contributed by atoms with van der Waals surface area (Å²) in [4.78, 5) is 46.0. The number of hydrogen-bond acceptors (Lipinski definition) is 9. The molecular weight excluding hydrogens is 444 g/mol. The molecule has 166 valence electrons. The van der Waals surface area contributed by atoms with Gasteiger partial charge in [-0.1, -0.05) is 0 Å². The first-order chi connectivity index (χ1) is 16.0. The topological polar surface area (TPSA) is 113 Å². The van der Waals surface area contributed by atoms with Crippen molar-refractivity contribution in [3.8, 4) is 5.75 Å². The molecule has 0 aliphatic rings. The van der Waals surface area contributed by atoms with Gasteiger partial charge in [-0.15, -0.1) is 11.3 Å². The second-order valence-electron chi connectivity index (χ2n) is 6.80. The molecule has 0 aliphatic heterocycles. The van der Waals surface area contributed by atoms with Crippen LogP contribution in [0.2, 0.25) is 0 Å². The van der Waals surface area contributed by atoms with Gasteiger partial charge in [-0.25, -0.2) is 14.6 Å². The van der Waals surface area contributed by atoms with E-state index in [2.05, 4.69) is 15.1 Å². The van der Waals surface area contributed by atoms with Crippen molar-refractivity contribution in [2.24, 2.45) is 5.10 Å². The summed E-state index contributed by atoms with van der Waals surface area (Å²) in [6.07, 6.45) is 5.78. The van der Waals surface area contributed by atoms with Crippen LogP contribution in [0.4, 0.5) is 0 Å². The Morgan fingerprint density at radius 3 is 2.67 bits per heavy atom. The Morgan fingerprint density at radius 1 is 1.18 bits per heavy atom. The predicted octanol–water partition coefficient (Wildman–Crippen LogP) is 3.44. The number of ether oxygens (including phenoxy) is 2. The molecule has 3 heterocycles. The van der Waals surface area contributed by atoms with Crippen molar-refractivity contribution in [1.29, 1.82) is 0 Å². The number of esters is 2. The van der Waals surface area contributed by atoms with Crippen LogP contribution < -0.4 is 10.3 Å². The third kappa shape index (κ3) is 4.70. The van der Waals surface area contributed by atoms with Gasteiger partial charge >= 0.3 is 11.9 Å². The maximum atomic E-state index is 12.9. The molecule has 0 N–H and O–H groups in total. The van der Waals surface area contributed by atoms with Crippen LogP contribution in [0, 0.1) is 6.92 Å². The van der Waals surface area contributed by atoms with Gasteiger partial charge < -0.3 is 9.47 Å². The average molecular weight is 462 g/mol. The van der Waals surface area contributed by atoms with Crippen molar-refractivity contribution in [2.45, 2.75) is 13.8 Å². The molecule has 9 nitrogen and oxygen atoms in total. The zero-order valence-corrected chi connectivity index (χ0v) is 18.5. The number of fused-ring (bicyclic) bond motifs is 1. The highest BCUT2D eigenvalue weighted by Gasteiger charge is 2.20. The van der Waals surface area contributed by atoms with E-state index in [1.165, 1.54) is 18.7 Å². The van der Waals surface area contributed by atoms with Gasteiger partial charge in [-0.05, 0) is 61.4 Å². The predicted molar refractivity (Wildman–Crippen MR) is 123 cm³/mol. The lowest BCUT2D eigenvalue weighted by Gasteiger charge is -2.04. The summed E-state index contributed by atoms with van der Waals surface area (Å²) in [7, 11) is 0. The van der Waals surface area contributed by atoms with Gasteiger partial charge in [0.05, 0.1) is 23.8 Å². The summed E-state index contributed by atoms with van der Waals surface area (Å²) in [6, 6.07) is 9.90. The number of aromatic nitrogens is 3. The van der Waals surface area contributed by atoms with Crippen LogP contribution in [0.1, 0.15) is 38.1 Å². The van der Waals surface area contributed by atoms with Gasteiger partial charge in [-0.3, -0.25) is 9.78 Å². The first kappa shape index (κ1) is 22.0. The summed E-state index contributed by atoms with van der Waals surface area (Å²) in [5.74, 6) is -0.623. The molecule has 0 saturated heterocycles. The number of benzene rings is 1. The molecule has 1 aromatic carbocycles. The highest BCUT2D eigenvalue weighted by Crippen LogP contribution is 2.27. The van der Waals surface area contributed by atoms with Crippen molar-refractivity contribution >= 4 is 39.7 Å². The Bertz CT molecular complexity index is 1410. The molecule has 0 radical (unpaired) electrons. The molecule has 4 rings (SSSR count). The van der Waals surface area contributed by atoms with Crippen LogP contribution in [0.15, 0.2) is 65.0 Å². The Morgan fingerprint density at radius 2 is 1.97 bits per heavy atom. The summed E-state index contributed by atoms with van der Waals surface area (Å²) >= 11 is 1.12. The number of carbonyl (C=O) groups excluding carboxylic acids is 2. The lowest BCUT2D eigenvalue weighted by molar-refractivity contribution is 0.0531. The van der Waals surface area contributed by atoms with E-state index in [1.54, 1.807) is 56.4 Å². The third-order valence-electron chi connectivity index (χ3n) is 4.61. The summed E-state index contributed by atoms with van der Waals surface area (Å²) in [5.41, 5.74) is 1.16. The van der Waals surface area contributed by atoms with Crippen LogP contribution >= 0.6 is 11.3 Å². The first-order valence-electron chi connectivity index (χ1n) is 9.92. The van der Waals surface area contributed by atoms with E-state index in [9.17, 15) is 14.4 Å². The van der Waals surface area contributed by atoms with Gasteiger partial charge in [0.15, 0.2) is 0 Å². The number of aryl methyl sites for hydroxylation is 1. The molecule has 0 saturated carbocycles. The van der Waals surface area contributed by atoms with Gasteiger partial charge in [0, 0.05) is 12.4 Å². The largest absolute Gasteiger partial charge is 0.462 e. The molecule has 0 atom stereocenters. The second kappa shape index (κ2) is 9.53. The van der Waals surface area contributed by atoms with E-state index in [4.69, 9.17) is 9.47 Å². The fraction of sp³-hybridized carbons (Fsp3) is 0.130. The van der Waals surface area contributed by atoms with Crippen LogP contribution in [0.5, 0.6) is 5.75 Å². The van der Waals surface area contributed by atoms with E-state index in [0.29, 0.717) is 37.5 Å². The van der Waals surface area contributed by atoms with Crippen LogP contribution in [0.3, 0.4) is 0 Å². The molecule has 0 spiro atoms. The molecule has 0 aliphatic carbocycles. The summed E-state index contributed by atoms with van der Waals surface area (Å²) in [6.45, 7) is 3.65. The third-order valence-corrected chi connectivity index (χ3v) is 5.79. The number of rotatable bonds is 6. The normalized spacial score (nSPS) is 11.1. The lowest BCUT2D eigenvalue weighted by atomic mass is 10.2. The number of thiophene rings is 1. The Kier molecular flexibility index (Phi) is 6.36. The summed E-state index contributed by atoms with van der Waals surface area (Å²) < 4.78 is 11.5. The minimum atomic E-state index is -0.510. The fourth-order valence-corrected chi connectivity index (χ4v) is 4.02. The minimum Gasteiger partial charge on any atom is -0.462 e. The number of carbonyl (C=O) groups is 2. The van der Waals surface area contributed by atoms with Gasteiger partial charge in [0.25, 0.3) is 5.56 Å². The van der Waals surface area contributed by atoms with Gasteiger partial charge in [0.1, 0.15) is 21.8 Å². The fourth-order valence-electron chi connectivity index (χ4n) is 2.99. The highest BCUT2D eigenvalue weighted by atomic mass is 32.1. The van der Waals surface area contributed by atoms with Crippen LogP contribution in [0.25, 0.3) is 10.2 Å². The van der Waals surface area contributed by atoms with Crippen molar-refractivity contribution in [2.75, 3.05) is 6.61 Å². The maximum absolute atomic E-state index is 12.9. The Hall–Kier alpha value is -4.18. The number of hydrogen-bond donors (Lipinski definition) is 0.